The molecule has 0 radical (unpaired) electrons. The molecule has 1 atom stereocenters. The van der Waals surface area contributed by atoms with E-state index in [1.807, 2.05) is 24.3 Å². The van der Waals surface area contributed by atoms with E-state index < -0.39 is 5.54 Å². The zero-order chi connectivity index (χ0) is 17.0. The van der Waals surface area contributed by atoms with Gasteiger partial charge in [0.25, 0.3) is 0 Å². The summed E-state index contributed by atoms with van der Waals surface area (Å²) in [4.78, 5) is 0. The van der Waals surface area contributed by atoms with Gasteiger partial charge in [-0.2, -0.15) is 0 Å². The Kier molecular flexibility index (Phi) is 5.32. The van der Waals surface area contributed by atoms with Crippen molar-refractivity contribution in [1.82, 2.24) is 0 Å². The zero-order valence-corrected chi connectivity index (χ0v) is 14.7. The van der Waals surface area contributed by atoms with Crippen molar-refractivity contribution in [2.45, 2.75) is 26.3 Å². The van der Waals surface area contributed by atoms with E-state index in [0.29, 0.717) is 5.92 Å². The highest BCUT2D eigenvalue weighted by atomic mass is 16.5. The number of methoxy groups -OCH3 is 2. The lowest BCUT2D eigenvalue weighted by Crippen LogP contribution is -2.46. The molecule has 0 amide bonds. The molecule has 0 fully saturated rings. The quantitative estimate of drug-likeness (QED) is 0.869. The Bertz CT molecular complexity index is 570. The molecule has 0 bridgehead atoms. The highest BCUT2D eigenvalue weighted by molar-refractivity contribution is 5.43. The molecule has 0 aliphatic heterocycles. The Balaban J connectivity index is 2.53. The molecule has 0 saturated heterocycles. The summed E-state index contributed by atoms with van der Waals surface area (Å²) in [6.07, 6.45) is 0. The third kappa shape index (κ3) is 3.35. The van der Waals surface area contributed by atoms with Crippen LogP contribution in [0, 0.1) is 11.8 Å². The standard InChI is InChI=1S/C20H27NO2/c1-14(2)15(3)20(21,16-6-10-18(22-4)11-7-16)17-8-12-19(23-5)13-9-17/h6-15H,21H2,1-5H3/t15-/m1/s1. The van der Waals surface area contributed by atoms with Crippen molar-refractivity contribution in [1.29, 1.82) is 0 Å². The predicted octanol–water partition coefficient (Wildman–Crippen LogP) is 4.20. The molecule has 3 nitrogen and oxygen atoms in total. The van der Waals surface area contributed by atoms with Crippen LogP contribution in [0.2, 0.25) is 0 Å². The first kappa shape index (κ1) is 17.4. The van der Waals surface area contributed by atoms with Gasteiger partial charge in [0, 0.05) is 0 Å². The van der Waals surface area contributed by atoms with Gasteiger partial charge in [-0.05, 0) is 47.2 Å². The summed E-state index contributed by atoms with van der Waals surface area (Å²) < 4.78 is 10.5. The molecular weight excluding hydrogens is 286 g/mol. The normalized spacial score (nSPS) is 13.0. The van der Waals surface area contributed by atoms with Gasteiger partial charge in [-0.25, -0.2) is 0 Å². The van der Waals surface area contributed by atoms with Crippen LogP contribution < -0.4 is 15.2 Å². The van der Waals surface area contributed by atoms with Crippen molar-refractivity contribution < 1.29 is 9.47 Å². The maximum absolute atomic E-state index is 6.99. The summed E-state index contributed by atoms with van der Waals surface area (Å²) in [5, 5.41) is 0. The first-order valence-corrected chi connectivity index (χ1v) is 8.01. The average Bonchev–Trinajstić information content (AvgIpc) is 2.60. The number of hydrogen-bond donors (Lipinski definition) is 1. The summed E-state index contributed by atoms with van der Waals surface area (Å²) in [7, 11) is 3.34. The molecule has 2 N–H and O–H groups in total. The summed E-state index contributed by atoms with van der Waals surface area (Å²) >= 11 is 0. The van der Waals surface area contributed by atoms with E-state index in [4.69, 9.17) is 15.2 Å². The maximum atomic E-state index is 6.99. The van der Waals surface area contributed by atoms with Crippen molar-refractivity contribution in [2.24, 2.45) is 17.6 Å². The molecule has 0 aliphatic carbocycles. The van der Waals surface area contributed by atoms with Crippen LogP contribution in [0.25, 0.3) is 0 Å². The molecule has 3 heteroatoms. The van der Waals surface area contributed by atoms with Crippen LogP contribution in [0.15, 0.2) is 48.5 Å². The zero-order valence-electron chi connectivity index (χ0n) is 14.7. The van der Waals surface area contributed by atoms with E-state index in [9.17, 15) is 0 Å². The monoisotopic (exact) mass is 313 g/mol. The Morgan fingerprint density at radius 2 is 1.09 bits per heavy atom. The van der Waals surface area contributed by atoms with E-state index in [2.05, 4.69) is 45.0 Å². The van der Waals surface area contributed by atoms with Crippen molar-refractivity contribution >= 4 is 0 Å². The lowest BCUT2D eigenvalue weighted by atomic mass is 9.70. The molecular formula is C20H27NO2. The first-order valence-electron chi connectivity index (χ1n) is 8.01. The van der Waals surface area contributed by atoms with Gasteiger partial charge in [0.05, 0.1) is 19.8 Å². The number of nitrogens with two attached hydrogens (primary N) is 1. The van der Waals surface area contributed by atoms with Crippen molar-refractivity contribution in [3.8, 4) is 11.5 Å². The van der Waals surface area contributed by atoms with Gasteiger partial charge in [-0.15, -0.1) is 0 Å². The van der Waals surface area contributed by atoms with Crippen molar-refractivity contribution in [2.75, 3.05) is 14.2 Å². The highest BCUT2D eigenvalue weighted by Crippen LogP contribution is 2.39. The molecule has 124 valence electrons. The molecule has 0 saturated carbocycles. The summed E-state index contributed by atoms with van der Waals surface area (Å²) in [5.74, 6) is 2.39. The summed E-state index contributed by atoms with van der Waals surface area (Å²) in [6.45, 7) is 6.62. The van der Waals surface area contributed by atoms with Gasteiger partial charge in [0.2, 0.25) is 0 Å². The third-order valence-corrected chi connectivity index (χ3v) is 4.85. The number of ether oxygens (including phenoxy) is 2. The Morgan fingerprint density at radius 1 is 0.739 bits per heavy atom. The fourth-order valence-corrected chi connectivity index (χ4v) is 2.95. The maximum Gasteiger partial charge on any atom is 0.118 e. The van der Waals surface area contributed by atoms with Gasteiger partial charge in [0.1, 0.15) is 11.5 Å². The molecule has 0 aliphatic rings. The SMILES string of the molecule is COc1ccc(C(N)(c2ccc(OC)cc2)[C@H](C)C(C)C)cc1. The van der Waals surface area contributed by atoms with Crippen LogP contribution in [0.5, 0.6) is 11.5 Å². The number of hydrogen-bond acceptors (Lipinski definition) is 3. The third-order valence-electron chi connectivity index (χ3n) is 4.85. The van der Waals surface area contributed by atoms with Gasteiger partial charge >= 0.3 is 0 Å². The van der Waals surface area contributed by atoms with Crippen LogP contribution in [-0.2, 0) is 5.54 Å². The van der Waals surface area contributed by atoms with E-state index >= 15 is 0 Å². The Morgan fingerprint density at radius 3 is 1.35 bits per heavy atom. The minimum atomic E-state index is -0.563. The number of rotatable bonds is 6. The lowest BCUT2D eigenvalue weighted by molar-refractivity contribution is 0.271. The van der Waals surface area contributed by atoms with Crippen molar-refractivity contribution in [3.05, 3.63) is 59.7 Å². The van der Waals surface area contributed by atoms with Crippen LogP contribution in [0.4, 0.5) is 0 Å². The number of benzene rings is 2. The Labute approximate surface area is 139 Å². The van der Waals surface area contributed by atoms with Crippen LogP contribution >= 0.6 is 0 Å². The van der Waals surface area contributed by atoms with Crippen LogP contribution in [-0.4, -0.2) is 14.2 Å². The summed E-state index contributed by atoms with van der Waals surface area (Å²) in [5.41, 5.74) is 8.60. The second-order valence-corrected chi connectivity index (χ2v) is 6.36. The van der Waals surface area contributed by atoms with Gasteiger partial charge < -0.3 is 15.2 Å². The van der Waals surface area contributed by atoms with E-state index in [-0.39, 0.29) is 5.92 Å². The molecule has 23 heavy (non-hydrogen) atoms. The van der Waals surface area contributed by atoms with E-state index in [1.165, 1.54) is 0 Å². The second-order valence-electron chi connectivity index (χ2n) is 6.36. The smallest absolute Gasteiger partial charge is 0.118 e. The highest BCUT2D eigenvalue weighted by Gasteiger charge is 2.37. The van der Waals surface area contributed by atoms with Gasteiger partial charge in [-0.3, -0.25) is 0 Å². The minimum absolute atomic E-state index is 0.268. The van der Waals surface area contributed by atoms with Crippen molar-refractivity contribution in [3.63, 3.8) is 0 Å². The fourth-order valence-electron chi connectivity index (χ4n) is 2.95. The molecule has 0 aromatic heterocycles. The topological polar surface area (TPSA) is 44.5 Å². The average molecular weight is 313 g/mol. The predicted molar refractivity (Wildman–Crippen MR) is 95.0 cm³/mol. The second kappa shape index (κ2) is 7.05. The molecule has 2 rings (SSSR count). The molecule has 2 aromatic carbocycles. The van der Waals surface area contributed by atoms with Crippen LogP contribution in [0.1, 0.15) is 31.9 Å². The lowest BCUT2D eigenvalue weighted by Gasteiger charge is -2.39. The summed E-state index contributed by atoms with van der Waals surface area (Å²) in [6, 6.07) is 16.1. The molecule has 0 unspecified atom stereocenters. The fraction of sp³-hybridized carbons (Fsp3) is 0.400. The molecule has 0 heterocycles. The Hall–Kier alpha value is -2.00. The minimum Gasteiger partial charge on any atom is -0.497 e. The molecule has 0 spiro atoms. The van der Waals surface area contributed by atoms with E-state index in [0.717, 1.165) is 22.6 Å². The van der Waals surface area contributed by atoms with Crippen LogP contribution in [0.3, 0.4) is 0 Å². The first-order chi connectivity index (χ1) is 10.9. The van der Waals surface area contributed by atoms with E-state index in [1.54, 1.807) is 14.2 Å². The molecule has 2 aromatic rings. The largest absolute Gasteiger partial charge is 0.497 e. The van der Waals surface area contributed by atoms with Gasteiger partial charge in [-0.1, -0.05) is 45.0 Å². The van der Waals surface area contributed by atoms with Gasteiger partial charge in [0.15, 0.2) is 0 Å².